The molecule has 68 valence electrons. The van der Waals surface area contributed by atoms with E-state index in [1.165, 1.54) is 0 Å². The minimum Gasteiger partial charge on any atom is -0.379 e. The number of nitrogens with one attached hydrogen (secondary N) is 1. The minimum absolute atomic E-state index is 0.0817. The van der Waals surface area contributed by atoms with Gasteiger partial charge >= 0.3 is 0 Å². The number of hydroxylamine groups is 1. The van der Waals surface area contributed by atoms with E-state index < -0.39 is 0 Å². The molecule has 1 aliphatic rings. The number of carbonyl (C=O) groups is 1. The monoisotopic (exact) mass is 177 g/mol. The van der Waals surface area contributed by atoms with Crippen LogP contribution in [0.4, 0.5) is 0 Å². The normalized spacial score (nSPS) is 20.2. The molecule has 0 spiro atoms. The molecule has 13 heavy (non-hydrogen) atoms. The highest BCUT2D eigenvalue weighted by molar-refractivity contribution is 5.85. The van der Waals surface area contributed by atoms with Crippen LogP contribution in [0.15, 0.2) is 18.2 Å². The highest BCUT2D eigenvalue weighted by Crippen LogP contribution is 2.32. The van der Waals surface area contributed by atoms with Crippen molar-refractivity contribution in [3.05, 3.63) is 29.3 Å². The Labute approximate surface area is 76.7 Å². The van der Waals surface area contributed by atoms with Gasteiger partial charge in [-0.05, 0) is 25.5 Å². The molecule has 1 atom stereocenters. The maximum absolute atomic E-state index is 11.3. The molecule has 0 saturated heterocycles. The Morgan fingerprint density at radius 2 is 2.23 bits per heavy atom. The molecule has 1 aromatic carbocycles. The van der Waals surface area contributed by atoms with Crippen molar-refractivity contribution < 1.29 is 9.63 Å². The van der Waals surface area contributed by atoms with Crippen LogP contribution < -0.4 is 10.3 Å². The van der Waals surface area contributed by atoms with Crippen molar-refractivity contribution in [2.45, 2.75) is 19.8 Å². The highest BCUT2D eigenvalue weighted by Gasteiger charge is 2.26. The van der Waals surface area contributed by atoms with E-state index in [-0.39, 0.29) is 11.8 Å². The number of aryl methyl sites for hydroxylation is 1. The average molecular weight is 177 g/mol. The number of hydrogen-bond donors (Lipinski definition) is 1. The molecule has 2 rings (SSSR count). The Balaban J connectivity index is 2.57. The second-order valence-corrected chi connectivity index (χ2v) is 3.28. The summed E-state index contributed by atoms with van der Waals surface area (Å²) in [6.07, 6.45) is 0. The molecule has 1 aromatic rings. The van der Waals surface area contributed by atoms with E-state index in [9.17, 15) is 4.79 Å². The quantitative estimate of drug-likeness (QED) is 0.652. The Morgan fingerprint density at radius 3 is 3.00 bits per heavy atom. The molecule has 1 amide bonds. The molecule has 1 aliphatic heterocycles. The number of amides is 1. The average Bonchev–Trinajstić information content (AvgIpc) is 2.12. The van der Waals surface area contributed by atoms with Gasteiger partial charge in [-0.1, -0.05) is 12.1 Å². The molecule has 0 aromatic heterocycles. The van der Waals surface area contributed by atoms with Gasteiger partial charge in [-0.15, -0.1) is 0 Å². The standard InChI is InChI=1S/C10H11NO2/c1-6-4-3-5-8-9(6)7(2)10(12)11-13-8/h3-5,7H,1-2H3,(H,11,12). The lowest BCUT2D eigenvalue weighted by Crippen LogP contribution is -2.36. The fourth-order valence-electron chi connectivity index (χ4n) is 1.62. The van der Waals surface area contributed by atoms with E-state index in [4.69, 9.17) is 4.84 Å². The lowest BCUT2D eigenvalue weighted by molar-refractivity contribution is -0.130. The zero-order valence-electron chi connectivity index (χ0n) is 7.63. The van der Waals surface area contributed by atoms with Gasteiger partial charge in [0.25, 0.3) is 5.91 Å². The summed E-state index contributed by atoms with van der Waals surface area (Å²) in [7, 11) is 0. The van der Waals surface area contributed by atoms with E-state index >= 15 is 0 Å². The topological polar surface area (TPSA) is 38.3 Å². The molecule has 0 fully saturated rings. The summed E-state index contributed by atoms with van der Waals surface area (Å²) in [4.78, 5) is 16.4. The fourth-order valence-corrected chi connectivity index (χ4v) is 1.62. The zero-order chi connectivity index (χ0) is 9.42. The Bertz CT molecular complexity index is 360. The predicted octanol–water partition coefficient (Wildman–Crippen LogP) is 1.52. The summed E-state index contributed by atoms with van der Waals surface area (Å²) >= 11 is 0. The van der Waals surface area contributed by atoms with E-state index in [0.717, 1.165) is 16.9 Å². The van der Waals surface area contributed by atoms with E-state index in [2.05, 4.69) is 5.48 Å². The molecule has 3 heteroatoms. The predicted molar refractivity (Wildman–Crippen MR) is 48.4 cm³/mol. The second-order valence-electron chi connectivity index (χ2n) is 3.28. The van der Waals surface area contributed by atoms with Gasteiger partial charge in [0.1, 0.15) is 0 Å². The van der Waals surface area contributed by atoms with Gasteiger partial charge in [0.15, 0.2) is 5.75 Å². The number of fused-ring (bicyclic) bond motifs is 1. The highest BCUT2D eigenvalue weighted by atomic mass is 16.7. The molecule has 1 unspecified atom stereocenters. The second kappa shape index (κ2) is 2.76. The van der Waals surface area contributed by atoms with Crippen LogP contribution in [-0.2, 0) is 4.79 Å². The summed E-state index contributed by atoms with van der Waals surface area (Å²) in [5, 5.41) is 0. The first-order valence-corrected chi connectivity index (χ1v) is 4.26. The molecule has 0 saturated carbocycles. The van der Waals surface area contributed by atoms with Gasteiger partial charge in [0, 0.05) is 5.56 Å². The summed E-state index contributed by atoms with van der Waals surface area (Å²) in [6.45, 7) is 3.86. The van der Waals surface area contributed by atoms with Crippen LogP contribution in [0.5, 0.6) is 5.75 Å². The Kier molecular flexibility index (Phi) is 1.72. The lowest BCUT2D eigenvalue weighted by atomic mass is 9.94. The molecule has 0 aliphatic carbocycles. The third kappa shape index (κ3) is 1.16. The molecule has 0 bridgehead atoms. The van der Waals surface area contributed by atoms with E-state index in [1.807, 2.05) is 32.0 Å². The Hall–Kier alpha value is -1.51. The van der Waals surface area contributed by atoms with Crippen molar-refractivity contribution in [2.24, 2.45) is 0 Å². The van der Waals surface area contributed by atoms with Crippen LogP contribution >= 0.6 is 0 Å². The van der Waals surface area contributed by atoms with E-state index in [0.29, 0.717) is 0 Å². The molecular formula is C10H11NO2. The summed E-state index contributed by atoms with van der Waals surface area (Å²) in [6, 6.07) is 5.76. The SMILES string of the molecule is Cc1cccc2c1C(C)C(=O)NO2. The van der Waals surface area contributed by atoms with Crippen molar-refractivity contribution in [3.63, 3.8) is 0 Å². The number of carbonyl (C=O) groups excluding carboxylic acids is 1. The maximum Gasteiger partial charge on any atom is 0.259 e. The van der Waals surface area contributed by atoms with Gasteiger partial charge < -0.3 is 4.84 Å². The van der Waals surface area contributed by atoms with Crippen LogP contribution in [0.3, 0.4) is 0 Å². The third-order valence-corrected chi connectivity index (χ3v) is 2.37. The minimum atomic E-state index is -0.120. The first-order valence-electron chi connectivity index (χ1n) is 4.26. The van der Waals surface area contributed by atoms with E-state index in [1.54, 1.807) is 0 Å². The van der Waals surface area contributed by atoms with Crippen molar-refractivity contribution in [3.8, 4) is 5.75 Å². The van der Waals surface area contributed by atoms with Gasteiger partial charge in [-0.25, -0.2) is 0 Å². The zero-order valence-corrected chi connectivity index (χ0v) is 7.63. The summed E-state index contributed by atoms with van der Waals surface area (Å²) in [5.74, 6) is 0.554. The molecule has 1 N–H and O–H groups in total. The van der Waals surface area contributed by atoms with Crippen molar-refractivity contribution >= 4 is 5.91 Å². The van der Waals surface area contributed by atoms with Crippen molar-refractivity contribution in [1.82, 2.24) is 5.48 Å². The number of benzene rings is 1. The molecular weight excluding hydrogens is 166 g/mol. The van der Waals surface area contributed by atoms with Crippen molar-refractivity contribution in [2.75, 3.05) is 0 Å². The maximum atomic E-state index is 11.3. The molecule has 1 heterocycles. The first kappa shape index (κ1) is 8.10. The van der Waals surface area contributed by atoms with Crippen LogP contribution in [0.2, 0.25) is 0 Å². The van der Waals surface area contributed by atoms with Gasteiger partial charge in [0.05, 0.1) is 5.92 Å². The number of rotatable bonds is 0. The van der Waals surface area contributed by atoms with Gasteiger partial charge in [-0.3, -0.25) is 4.79 Å². The van der Waals surface area contributed by atoms with Gasteiger partial charge in [0.2, 0.25) is 0 Å². The first-order chi connectivity index (χ1) is 6.20. The lowest BCUT2D eigenvalue weighted by Gasteiger charge is -2.23. The third-order valence-electron chi connectivity index (χ3n) is 2.37. The fraction of sp³-hybridized carbons (Fsp3) is 0.300. The summed E-state index contributed by atoms with van der Waals surface area (Å²) < 4.78 is 0. The molecule has 0 radical (unpaired) electrons. The van der Waals surface area contributed by atoms with Gasteiger partial charge in [-0.2, -0.15) is 5.48 Å². The van der Waals surface area contributed by atoms with Crippen LogP contribution in [0.1, 0.15) is 24.0 Å². The molecule has 3 nitrogen and oxygen atoms in total. The smallest absolute Gasteiger partial charge is 0.259 e. The Morgan fingerprint density at radius 1 is 1.46 bits per heavy atom. The van der Waals surface area contributed by atoms with Crippen LogP contribution in [-0.4, -0.2) is 5.91 Å². The largest absolute Gasteiger partial charge is 0.379 e. The summed E-state index contributed by atoms with van der Waals surface area (Å²) in [5.41, 5.74) is 4.47. The van der Waals surface area contributed by atoms with Crippen LogP contribution in [0.25, 0.3) is 0 Å². The number of hydrogen-bond acceptors (Lipinski definition) is 2. The van der Waals surface area contributed by atoms with Crippen molar-refractivity contribution in [1.29, 1.82) is 0 Å². The van der Waals surface area contributed by atoms with Crippen LogP contribution in [0, 0.1) is 6.92 Å².